The third-order valence-corrected chi connectivity index (χ3v) is 2.14. The number of rotatable bonds is 6. The lowest BCUT2D eigenvalue weighted by Gasteiger charge is -2.10. The SMILES string of the molecule is CCCCC(N)C(=O)NCc1ccon1. The Hall–Kier alpha value is -1.36. The molecule has 1 rings (SSSR count). The Morgan fingerprint density at radius 3 is 3.13 bits per heavy atom. The van der Waals surface area contributed by atoms with Crippen LogP contribution in [0.25, 0.3) is 0 Å². The van der Waals surface area contributed by atoms with Crippen molar-refractivity contribution in [2.75, 3.05) is 0 Å². The summed E-state index contributed by atoms with van der Waals surface area (Å²) < 4.78 is 4.64. The molecular formula is C10H17N3O2. The number of unbranched alkanes of at least 4 members (excludes halogenated alkanes) is 1. The Morgan fingerprint density at radius 2 is 2.53 bits per heavy atom. The molecule has 0 aromatic carbocycles. The van der Waals surface area contributed by atoms with Crippen molar-refractivity contribution in [3.63, 3.8) is 0 Å². The number of nitrogens with two attached hydrogens (primary N) is 1. The molecule has 5 heteroatoms. The lowest BCUT2D eigenvalue weighted by atomic mass is 10.1. The molecule has 0 radical (unpaired) electrons. The molecule has 0 bridgehead atoms. The van der Waals surface area contributed by atoms with Gasteiger partial charge in [0.15, 0.2) is 0 Å². The van der Waals surface area contributed by atoms with E-state index in [1.807, 2.05) is 0 Å². The van der Waals surface area contributed by atoms with Gasteiger partial charge in [0.1, 0.15) is 12.0 Å². The van der Waals surface area contributed by atoms with Crippen LogP contribution in [-0.4, -0.2) is 17.1 Å². The van der Waals surface area contributed by atoms with Crippen LogP contribution in [0.3, 0.4) is 0 Å². The summed E-state index contributed by atoms with van der Waals surface area (Å²) in [5.74, 6) is -0.133. The molecule has 1 aromatic heterocycles. The maximum absolute atomic E-state index is 11.4. The highest BCUT2D eigenvalue weighted by molar-refractivity contribution is 5.81. The number of carbonyl (C=O) groups is 1. The van der Waals surface area contributed by atoms with Crippen LogP contribution >= 0.6 is 0 Å². The predicted octanol–water partition coefficient (Wildman–Crippen LogP) is 0.808. The summed E-state index contributed by atoms with van der Waals surface area (Å²) in [5, 5.41) is 6.39. The fraction of sp³-hybridized carbons (Fsp3) is 0.600. The maximum atomic E-state index is 11.4. The quantitative estimate of drug-likeness (QED) is 0.729. The van der Waals surface area contributed by atoms with Gasteiger partial charge in [-0.25, -0.2) is 0 Å². The Kier molecular flexibility index (Phi) is 4.83. The zero-order chi connectivity index (χ0) is 11.1. The van der Waals surface area contributed by atoms with E-state index in [1.165, 1.54) is 6.26 Å². The van der Waals surface area contributed by atoms with Gasteiger partial charge in [-0.05, 0) is 6.42 Å². The van der Waals surface area contributed by atoms with Crippen LogP contribution in [0, 0.1) is 0 Å². The molecule has 5 nitrogen and oxygen atoms in total. The van der Waals surface area contributed by atoms with E-state index in [1.54, 1.807) is 6.07 Å². The van der Waals surface area contributed by atoms with Crippen LogP contribution < -0.4 is 11.1 Å². The number of hydrogen-bond donors (Lipinski definition) is 2. The van der Waals surface area contributed by atoms with Crippen LogP contribution in [0.5, 0.6) is 0 Å². The van der Waals surface area contributed by atoms with Gasteiger partial charge in [-0.1, -0.05) is 24.9 Å². The van der Waals surface area contributed by atoms with E-state index >= 15 is 0 Å². The third kappa shape index (κ3) is 4.12. The van der Waals surface area contributed by atoms with Gasteiger partial charge < -0.3 is 15.6 Å². The molecule has 0 aliphatic heterocycles. The number of nitrogens with zero attached hydrogens (tertiary/aromatic N) is 1. The van der Waals surface area contributed by atoms with E-state index in [4.69, 9.17) is 5.73 Å². The Morgan fingerprint density at radius 1 is 1.73 bits per heavy atom. The lowest BCUT2D eigenvalue weighted by Crippen LogP contribution is -2.40. The van der Waals surface area contributed by atoms with Crippen LogP contribution in [0.15, 0.2) is 16.9 Å². The number of amides is 1. The van der Waals surface area contributed by atoms with E-state index in [0.29, 0.717) is 12.2 Å². The van der Waals surface area contributed by atoms with E-state index in [0.717, 1.165) is 19.3 Å². The van der Waals surface area contributed by atoms with Crippen molar-refractivity contribution < 1.29 is 9.32 Å². The molecule has 0 saturated heterocycles. The molecule has 0 spiro atoms. The number of hydrogen-bond acceptors (Lipinski definition) is 4. The van der Waals surface area contributed by atoms with Crippen molar-refractivity contribution in [2.24, 2.45) is 5.73 Å². The predicted molar refractivity (Wildman–Crippen MR) is 55.9 cm³/mol. The fourth-order valence-electron chi connectivity index (χ4n) is 1.19. The normalized spacial score (nSPS) is 12.4. The molecule has 1 heterocycles. The average molecular weight is 211 g/mol. The van der Waals surface area contributed by atoms with Crippen molar-refractivity contribution in [2.45, 2.75) is 38.8 Å². The van der Waals surface area contributed by atoms with Crippen molar-refractivity contribution in [3.05, 3.63) is 18.0 Å². The van der Waals surface area contributed by atoms with Gasteiger partial charge in [0.05, 0.1) is 12.6 Å². The molecule has 3 N–H and O–H groups in total. The van der Waals surface area contributed by atoms with Gasteiger partial charge >= 0.3 is 0 Å². The first-order valence-electron chi connectivity index (χ1n) is 5.16. The second kappa shape index (κ2) is 6.19. The minimum atomic E-state index is -0.420. The van der Waals surface area contributed by atoms with Gasteiger partial charge in [-0.15, -0.1) is 0 Å². The third-order valence-electron chi connectivity index (χ3n) is 2.14. The molecule has 84 valence electrons. The molecule has 0 aliphatic carbocycles. The molecule has 1 atom stereocenters. The van der Waals surface area contributed by atoms with Crippen LogP contribution in [0.2, 0.25) is 0 Å². The highest BCUT2D eigenvalue weighted by atomic mass is 16.5. The van der Waals surface area contributed by atoms with E-state index in [9.17, 15) is 4.79 Å². The summed E-state index contributed by atoms with van der Waals surface area (Å²) in [6, 6.07) is 1.29. The van der Waals surface area contributed by atoms with Crippen molar-refractivity contribution in [1.29, 1.82) is 0 Å². The zero-order valence-electron chi connectivity index (χ0n) is 8.90. The van der Waals surface area contributed by atoms with Crippen LogP contribution in [0.1, 0.15) is 31.9 Å². The van der Waals surface area contributed by atoms with Gasteiger partial charge in [-0.2, -0.15) is 0 Å². The monoisotopic (exact) mass is 211 g/mol. The molecule has 15 heavy (non-hydrogen) atoms. The number of nitrogens with one attached hydrogen (secondary N) is 1. The number of carbonyl (C=O) groups excluding carboxylic acids is 1. The van der Waals surface area contributed by atoms with Gasteiger partial charge in [-0.3, -0.25) is 4.79 Å². The summed E-state index contributed by atoms with van der Waals surface area (Å²) in [6.45, 7) is 2.44. The van der Waals surface area contributed by atoms with E-state index < -0.39 is 6.04 Å². The largest absolute Gasteiger partial charge is 0.364 e. The topological polar surface area (TPSA) is 81.2 Å². The lowest BCUT2D eigenvalue weighted by molar-refractivity contribution is -0.122. The maximum Gasteiger partial charge on any atom is 0.237 e. The first-order chi connectivity index (χ1) is 7.24. The van der Waals surface area contributed by atoms with E-state index in [-0.39, 0.29) is 5.91 Å². The Balaban J connectivity index is 2.23. The Labute approximate surface area is 89.0 Å². The summed E-state index contributed by atoms with van der Waals surface area (Å²) in [6.07, 6.45) is 4.21. The minimum absolute atomic E-state index is 0.133. The molecule has 0 saturated carbocycles. The first-order valence-corrected chi connectivity index (χ1v) is 5.16. The summed E-state index contributed by atoms with van der Waals surface area (Å²) >= 11 is 0. The summed E-state index contributed by atoms with van der Waals surface area (Å²) in [5.41, 5.74) is 6.39. The second-order valence-electron chi connectivity index (χ2n) is 3.46. The molecular weight excluding hydrogens is 194 g/mol. The van der Waals surface area contributed by atoms with Crippen molar-refractivity contribution in [1.82, 2.24) is 10.5 Å². The van der Waals surface area contributed by atoms with Gasteiger partial charge in [0, 0.05) is 6.07 Å². The molecule has 0 aliphatic rings. The highest BCUT2D eigenvalue weighted by Crippen LogP contribution is 1.99. The van der Waals surface area contributed by atoms with E-state index in [2.05, 4.69) is 21.9 Å². The first kappa shape index (κ1) is 11.7. The van der Waals surface area contributed by atoms with Crippen LogP contribution in [0.4, 0.5) is 0 Å². The smallest absolute Gasteiger partial charge is 0.237 e. The van der Waals surface area contributed by atoms with Gasteiger partial charge in [0.2, 0.25) is 5.91 Å². The molecule has 1 amide bonds. The zero-order valence-corrected chi connectivity index (χ0v) is 8.90. The second-order valence-corrected chi connectivity index (χ2v) is 3.46. The Bertz CT molecular complexity index is 285. The summed E-state index contributed by atoms with van der Waals surface area (Å²) in [4.78, 5) is 11.4. The van der Waals surface area contributed by atoms with Crippen molar-refractivity contribution >= 4 is 5.91 Å². The molecule has 1 unspecified atom stereocenters. The number of aromatic nitrogens is 1. The standard InChI is InChI=1S/C10H17N3O2/c1-2-3-4-9(11)10(14)12-7-8-5-6-15-13-8/h5-6,9H,2-4,7,11H2,1H3,(H,12,14). The van der Waals surface area contributed by atoms with Crippen molar-refractivity contribution in [3.8, 4) is 0 Å². The van der Waals surface area contributed by atoms with Gasteiger partial charge in [0.25, 0.3) is 0 Å². The van der Waals surface area contributed by atoms with Crippen LogP contribution in [-0.2, 0) is 11.3 Å². The minimum Gasteiger partial charge on any atom is -0.364 e. The molecule has 0 fully saturated rings. The summed E-state index contributed by atoms with van der Waals surface area (Å²) in [7, 11) is 0. The fourth-order valence-corrected chi connectivity index (χ4v) is 1.19. The average Bonchev–Trinajstić information content (AvgIpc) is 2.75. The highest BCUT2D eigenvalue weighted by Gasteiger charge is 2.12. The molecule has 1 aromatic rings.